The van der Waals surface area contributed by atoms with E-state index in [-0.39, 0.29) is 6.04 Å². The Kier molecular flexibility index (Phi) is 2.46. The Balaban J connectivity index is 2.58. The number of carboxylic acids is 1. The maximum atomic E-state index is 10.6. The van der Waals surface area contributed by atoms with Gasteiger partial charge < -0.3 is 5.11 Å². The molecule has 0 unspecified atom stereocenters. The molecule has 0 spiro atoms. The molecule has 1 aliphatic heterocycles. The highest BCUT2D eigenvalue weighted by atomic mass is 16.4. The molecule has 4 heteroatoms. The largest absolute Gasteiger partial charge is 0.480 e. The molecule has 1 rings (SSSR count). The summed E-state index contributed by atoms with van der Waals surface area (Å²) in [7, 11) is 3.75. The molecule has 1 fully saturated rings. The second kappa shape index (κ2) is 3.19. The molecule has 64 valence electrons. The molecule has 1 heterocycles. The lowest BCUT2D eigenvalue weighted by Crippen LogP contribution is -2.44. The number of aliphatic carboxylic acids is 1. The number of nitrogens with zero attached hydrogens (tertiary/aromatic N) is 2. The Morgan fingerprint density at radius 2 is 2.27 bits per heavy atom. The molecule has 1 saturated heterocycles. The highest BCUT2D eigenvalue weighted by Crippen LogP contribution is 2.17. The van der Waals surface area contributed by atoms with Gasteiger partial charge in [0.25, 0.3) is 0 Å². The van der Waals surface area contributed by atoms with Crippen molar-refractivity contribution in [2.75, 3.05) is 20.6 Å². The van der Waals surface area contributed by atoms with Gasteiger partial charge in [-0.2, -0.15) is 0 Å². The summed E-state index contributed by atoms with van der Waals surface area (Å²) < 4.78 is 0. The molecule has 1 N–H and O–H groups in total. The van der Waals surface area contributed by atoms with Crippen molar-refractivity contribution in [2.24, 2.45) is 0 Å². The van der Waals surface area contributed by atoms with Crippen LogP contribution in [0.4, 0.5) is 0 Å². The zero-order chi connectivity index (χ0) is 8.43. The van der Waals surface area contributed by atoms with Gasteiger partial charge >= 0.3 is 5.97 Å². The summed E-state index contributed by atoms with van der Waals surface area (Å²) in [5, 5.41) is 12.5. The monoisotopic (exact) mass is 158 g/mol. The molecular weight excluding hydrogens is 144 g/mol. The van der Waals surface area contributed by atoms with Crippen molar-refractivity contribution < 1.29 is 9.90 Å². The van der Waals surface area contributed by atoms with Gasteiger partial charge in [-0.05, 0) is 12.8 Å². The fourth-order valence-corrected chi connectivity index (χ4v) is 1.48. The number of hydrogen-bond acceptors (Lipinski definition) is 3. The maximum Gasteiger partial charge on any atom is 0.322 e. The van der Waals surface area contributed by atoms with Crippen LogP contribution in [0, 0.1) is 0 Å². The van der Waals surface area contributed by atoms with Crippen molar-refractivity contribution in [2.45, 2.75) is 18.9 Å². The van der Waals surface area contributed by atoms with Gasteiger partial charge in [0, 0.05) is 20.6 Å². The van der Waals surface area contributed by atoms with Gasteiger partial charge in [0.2, 0.25) is 0 Å². The average Bonchev–Trinajstić information content (AvgIpc) is 2.32. The number of rotatable bonds is 2. The quantitative estimate of drug-likeness (QED) is 0.615. The molecule has 0 saturated carbocycles. The third-order valence-electron chi connectivity index (χ3n) is 2.02. The minimum atomic E-state index is -0.712. The van der Waals surface area contributed by atoms with E-state index in [1.807, 2.05) is 24.1 Å². The van der Waals surface area contributed by atoms with Crippen molar-refractivity contribution in [3.8, 4) is 0 Å². The molecule has 0 bridgehead atoms. The summed E-state index contributed by atoms with van der Waals surface area (Å²) in [4.78, 5) is 10.6. The zero-order valence-electron chi connectivity index (χ0n) is 6.95. The number of carboxylic acid groups (broad SMARTS) is 1. The summed E-state index contributed by atoms with van der Waals surface area (Å²) in [5.41, 5.74) is 0. The Morgan fingerprint density at radius 3 is 2.64 bits per heavy atom. The van der Waals surface area contributed by atoms with E-state index in [1.165, 1.54) is 0 Å². The Labute approximate surface area is 66.4 Å². The third-order valence-corrected chi connectivity index (χ3v) is 2.02. The highest BCUT2D eigenvalue weighted by Gasteiger charge is 2.31. The minimum Gasteiger partial charge on any atom is -0.480 e. The first-order valence-electron chi connectivity index (χ1n) is 3.79. The van der Waals surface area contributed by atoms with Gasteiger partial charge in [-0.15, -0.1) is 0 Å². The van der Waals surface area contributed by atoms with E-state index < -0.39 is 5.97 Å². The average molecular weight is 158 g/mol. The lowest BCUT2D eigenvalue weighted by Gasteiger charge is -2.27. The van der Waals surface area contributed by atoms with Crippen molar-refractivity contribution in [1.82, 2.24) is 10.0 Å². The van der Waals surface area contributed by atoms with Crippen molar-refractivity contribution >= 4 is 5.97 Å². The summed E-state index contributed by atoms with van der Waals surface area (Å²) in [6.07, 6.45) is 1.75. The van der Waals surface area contributed by atoms with Gasteiger partial charge in [0.1, 0.15) is 6.04 Å². The number of carbonyl (C=O) groups is 1. The predicted octanol–water partition coefficient (Wildman–Crippen LogP) is 0.0120. The van der Waals surface area contributed by atoms with Crippen molar-refractivity contribution in [1.29, 1.82) is 0 Å². The normalized spacial score (nSPS) is 26.3. The van der Waals surface area contributed by atoms with Gasteiger partial charge in [-0.3, -0.25) is 4.79 Å². The van der Waals surface area contributed by atoms with Crippen LogP contribution in [-0.4, -0.2) is 47.8 Å². The van der Waals surface area contributed by atoms with Crippen LogP contribution in [-0.2, 0) is 4.79 Å². The van der Waals surface area contributed by atoms with Crippen LogP contribution in [0.1, 0.15) is 12.8 Å². The fourth-order valence-electron chi connectivity index (χ4n) is 1.48. The topological polar surface area (TPSA) is 43.8 Å². The first-order valence-corrected chi connectivity index (χ1v) is 3.79. The summed E-state index contributed by atoms with van der Waals surface area (Å²) in [6.45, 7) is 0.865. The molecule has 0 amide bonds. The Bertz CT molecular complexity index is 159. The zero-order valence-corrected chi connectivity index (χ0v) is 6.95. The van der Waals surface area contributed by atoms with Crippen LogP contribution in [0.15, 0.2) is 0 Å². The number of hydrazine groups is 1. The number of hydrogen-bond donors (Lipinski definition) is 1. The molecule has 0 aliphatic carbocycles. The highest BCUT2D eigenvalue weighted by molar-refractivity contribution is 5.73. The van der Waals surface area contributed by atoms with Crippen molar-refractivity contribution in [3.05, 3.63) is 0 Å². The van der Waals surface area contributed by atoms with Crippen LogP contribution in [0.2, 0.25) is 0 Å². The van der Waals surface area contributed by atoms with Crippen LogP contribution >= 0.6 is 0 Å². The molecule has 0 aromatic rings. The molecule has 4 nitrogen and oxygen atoms in total. The first kappa shape index (κ1) is 8.49. The Hall–Kier alpha value is -0.610. The lowest BCUT2D eigenvalue weighted by molar-refractivity contribution is -0.147. The van der Waals surface area contributed by atoms with Gasteiger partial charge in [0.05, 0.1) is 0 Å². The van der Waals surface area contributed by atoms with E-state index in [9.17, 15) is 4.79 Å². The molecule has 0 aromatic carbocycles. The van der Waals surface area contributed by atoms with E-state index >= 15 is 0 Å². The standard InChI is InChI=1S/C7H14N2O2/c1-8(2)9-5-3-4-6(9)7(10)11/h6H,3-5H2,1-2H3,(H,10,11)/t6-/m0/s1. The molecular formula is C7H14N2O2. The molecule has 1 atom stereocenters. The Morgan fingerprint density at radius 1 is 1.64 bits per heavy atom. The lowest BCUT2D eigenvalue weighted by atomic mass is 10.2. The van der Waals surface area contributed by atoms with E-state index in [2.05, 4.69) is 0 Å². The third kappa shape index (κ3) is 1.70. The van der Waals surface area contributed by atoms with Crippen molar-refractivity contribution in [3.63, 3.8) is 0 Å². The second-order valence-electron chi connectivity index (χ2n) is 3.01. The molecule has 0 radical (unpaired) electrons. The van der Waals surface area contributed by atoms with E-state index in [0.717, 1.165) is 19.4 Å². The molecule has 11 heavy (non-hydrogen) atoms. The summed E-state index contributed by atoms with van der Waals surface area (Å²) >= 11 is 0. The van der Waals surface area contributed by atoms with E-state index in [4.69, 9.17) is 5.11 Å². The molecule has 1 aliphatic rings. The maximum absolute atomic E-state index is 10.6. The van der Waals surface area contributed by atoms with Crippen LogP contribution in [0.5, 0.6) is 0 Å². The first-order chi connectivity index (χ1) is 5.13. The van der Waals surface area contributed by atoms with E-state index in [0.29, 0.717) is 0 Å². The molecule has 0 aromatic heterocycles. The van der Waals surface area contributed by atoms with Crippen LogP contribution < -0.4 is 0 Å². The summed E-state index contributed by atoms with van der Waals surface area (Å²) in [5.74, 6) is -0.712. The fraction of sp³-hybridized carbons (Fsp3) is 0.857. The van der Waals surface area contributed by atoms with E-state index in [1.54, 1.807) is 0 Å². The minimum absolute atomic E-state index is 0.301. The SMILES string of the molecule is CN(C)N1CCC[C@H]1C(=O)O. The smallest absolute Gasteiger partial charge is 0.322 e. The van der Waals surface area contributed by atoms with Gasteiger partial charge in [-0.25, -0.2) is 10.0 Å². The van der Waals surface area contributed by atoms with Gasteiger partial charge in [-0.1, -0.05) is 0 Å². The summed E-state index contributed by atoms with van der Waals surface area (Å²) in [6, 6.07) is -0.301. The van der Waals surface area contributed by atoms with Crippen LogP contribution in [0.3, 0.4) is 0 Å². The van der Waals surface area contributed by atoms with Gasteiger partial charge in [0.15, 0.2) is 0 Å². The second-order valence-corrected chi connectivity index (χ2v) is 3.01. The van der Waals surface area contributed by atoms with Crippen LogP contribution in [0.25, 0.3) is 0 Å². The predicted molar refractivity (Wildman–Crippen MR) is 41.1 cm³/mol.